The minimum absolute atomic E-state index is 0.0197. The second-order valence-electron chi connectivity index (χ2n) is 49.3. The van der Waals surface area contributed by atoms with Crippen molar-refractivity contribution < 1.29 is 138 Å². The molecule has 6 saturated carbocycles. The fraction of sp³-hybridized carbons (Fsp3) is 0.876. The third-order valence-electron chi connectivity index (χ3n) is 34.2. The third kappa shape index (κ3) is 32.0. The lowest BCUT2D eigenvalue weighted by molar-refractivity contribution is -0.183. The number of cyclic esters (lactones) is 3. The lowest BCUT2D eigenvalue weighted by Gasteiger charge is -2.42. The van der Waals surface area contributed by atoms with Crippen molar-refractivity contribution in [1.82, 2.24) is 0 Å². The Labute approximate surface area is 852 Å². The molecule has 13 fully saturated rings. The largest absolute Gasteiger partial charge is 0.463 e. The monoisotopic (exact) mass is 2010 g/mol. The van der Waals surface area contributed by atoms with E-state index in [2.05, 4.69) is 55.4 Å². The Balaban J connectivity index is 0.000000282. The van der Waals surface area contributed by atoms with E-state index in [4.69, 9.17) is 71.1 Å². The number of rotatable bonds is 30. The lowest BCUT2D eigenvalue weighted by atomic mass is 9.74. The normalized spacial score (nSPS) is 26.0. The number of hydrogen-bond donors (Lipinski definition) is 0. The van der Waals surface area contributed by atoms with Crippen LogP contribution in [0.2, 0.25) is 0 Å². The maximum absolute atomic E-state index is 12.3. The van der Waals surface area contributed by atoms with Gasteiger partial charge in [-0.1, -0.05) is 118 Å². The van der Waals surface area contributed by atoms with Crippen molar-refractivity contribution in [2.45, 2.75) is 525 Å². The summed E-state index contributed by atoms with van der Waals surface area (Å²) in [5.41, 5.74) is -4.61. The topological polar surface area (TPSA) is 377 Å². The summed E-state index contributed by atoms with van der Waals surface area (Å²) in [5, 5.41) is 0. The van der Waals surface area contributed by atoms with Gasteiger partial charge in [0.1, 0.15) is 40.7 Å². The third-order valence-corrected chi connectivity index (χ3v) is 34.2. The fourth-order valence-corrected chi connectivity index (χ4v) is 18.3. The van der Waals surface area contributed by atoms with Crippen LogP contribution >= 0.6 is 0 Å². The number of ether oxygens (including phenoxy) is 15. The maximum Gasteiger partial charge on any atom is 0.347 e. The Bertz CT molecular complexity index is 3940. The number of carbonyl (C=O) groups is 14. The lowest BCUT2D eigenvalue weighted by Crippen LogP contribution is -2.47. The van der Waals surface area contributed by atoms with E-state index in [1.165, 1.54) is 51.4 Å². The number of fused-ring (bicyclic) bond motifs is 2. The van der Waals surface area contributed by atoms with Gasteiger partial charge in [0.15, 0.2) is 12.2 Å². The number of hydrogen-bond acceptors (Lipinski definition) is 29. The van der Waals surface area contributed by atoms with E-state index in [9.17, 15) is 67.1 Å². The molecule has 7 aliphatic heterocycles. The van der Waals surface area contributed by atoms with Crippen LogP contribution in [0.3, 0.4) is 0 Å². The van der Waals surface area contributed by atoms with Crippen LogP contribution in [0.25, 0.3) is 0 Å². The summed E-state index contributed by atoms with van der Waals surface area (Å²) in [7, 11) is 0. The molecule has 0 spiro atoms. The molecule has 142 heavy (non-hydrogen) atoms. The van der Waals surface area contributed by atoms with Gasteiger partial charge in [-0.15, -0.1) is 0 Å². The number of esters is 14. The summed E-state index contributed by atoms with van der Waals surface area (Å²) in [4.78, 5) is 164. The maximum atomic E-state index is 12.3. The molecular weight excluding hydrogens is 1820 g/mol. The quantitative estimate of drug-likeness (QED) is 0.0476. The van der Waals surface area contributed by atoms with E-state index >= 15 is 0 Å². The van der Waals surface area contributed by atoms with E-state index in [0.717, 1.165) is 103 Å². The molecule has 0 aromatic rings. The van der Waals surface area contributed by atoms with Crippen LogP contribution in [0, 0.1) is 89.7 Å². The summed E-state index contributed by atoms with van der Waals surface area (Å²) in [6.45, 7) is 70.3. The highest BCUT2D eigenvalue weighted by molar-refractivity contribution is 5.86. The Hall–Kier alpha value is -7.46. The molecule has 816 valence electrons. The SMILES string of the molecule is CCC(C)(C)C(=O)OC1(C(C)(C)C)CCCC1.CCC(C)(C)C(=O)OC1(C(C)C)CCCC1.CCC(C)(C)C(=O)OC1(C(C)C)CCCC1.CCC(C)(C)C(=O)OC1C2CC3C(=O)OC1C3C2.CCC(C)(C)C(=O)OC1C2CC3C(=O)OC1C3O2.CCC(C)(C)C(=O)OC1CCOC1=O.CCC(C)(C)C(=O)OC1CCOC1=O.CCC(C)(C)C(=O)OC1CCOC1=O.CCC1(OC(=O)C(C)(C)CC)CCCC1. The van der Waals surface area contributed by atoms with Gasteiger partial charge in [0.25, 0.3) is 0 Å². The minimum Gasteiger partial charge on any atom is -0.463 e. The average Bonchev–Trinajstić information content (AvgIpc) is 1.57. The van der Waals surface area contributed by atoms with Gasteiger partial charge in [0.05, 0.1) is 86.5 Å². The first kappa shape index (κ1) is 125. The van der Waals surface area contributed by atoms with Crippen LogP contribution in [-0.4, -0.2) is 181 Å². The molecule has 13 unspecified atom stereocenters. The van der Waals surface area contributed by atoms with Crippen molar-refractivity contribution in [3.05, 3.63) is 0 Å². The zero-order chi connectivity index (χ0) is 108. The summed E-state index contributed by atoms with van der Waals surface area (Å²) in [6, 6.07) is 0. The Morgan fingerprint density at radius 1 is 0.310 bits per heavy atom. The Kier molecular flexibility index (Phi) is 45.3. The molecule has 0 aromatic heterocycles. The van der Waals surface area contributed by atoms with Crippen LogP contribution in [0.4, 0.5) is 0 Å². The van der Waals surface area contributed by atoms with Gasteiger partial charge in [-0.25, -0.2) is 14.4 Å². The van der Waals surface area contributed by atoms with E-state index in [1.54, 1.807) is 41.5 Å². The highest BCUT2D eigenvalue weighted by Crippen LogP contribution is 2.57. The van der Waals surface area contributed by atoms with Crippen LogP contribution in [0.15, 0.2) is 0 Å². The molecule has 0 amide bonds. The zero-order valence-corrected chi connectivity index (χ0v) is 94.2. The van der Waals surface area contributed by atoms with Gasteiger partial charge in [0, 0.05) is 36.5 Å². The van der Waals surface area contributed by atoms with E-state index < -0.39 is 75.5 Å². The molecule has 4 bridgehead atoms. The second kappa shape index (κ2) is 51.4. The molecule has 0 radical (unpaired) electrons. The molecule has 29 heteroatoms. The molecule has 13 aliphatic rings. The van der Waals surface area contributed by atoms with Crippen molar-refractivity contribution in [2.75, 3.05) is 19.8 Å². The van der Waals surface area contributed by atoms with Crippen molar-refractivity contribution in [2.24, 2.45) is 89.7 Å². The highest BCUT2D eigenvalue weighted by atomic mass is 16.7. The van der Waals surface area contributed by atoms with Crippen LogP contribution in [0.1, 0.15) is 448 Å². The molecule has 0 N–H and O–H groups in total. The molecular formula is C113H190O29. The summed E-state index contributed by atoms with van der Waals surface area (Å²) in [5.74, 6) is -1.66. The fourth-order valence-electron chi connectivity index (χ4n) is 18.3. The van der Waals surface area contributed by atoms with E-state index in [1.807, 2.05) is 145 Å². The average molecular weight is 2010 g/mol. The Morgan fingerprint density at radius 2 is 0.592 bits per heavy atom. The van der Waals surface area contributed by atoms with Gasteiger partial charge < -0.3 is 71.1 Å². The first-order valence-corrected chi connectivity index (χ1v) is 54.1. The molecule has 29 nitrogen and oxygen atoms in total. The number of carbonyl (C=O) groups excluding carboxylic acids is 14. The zero-order valence-electron chi connectivity index (χ0n) is 94.2. The van der Waals surface area contributed by atoms with Crippen LogP contribution in [0.5, 0.6) is 0 Å². The minimum atomic E-state index is -0.687. The summed E-state index contributed by atoms with van der Waals surface area (Å²) >= 11 is 0. The molecule has 13 atom stereocenters. The molecule has 7 saturated heterocycles. The van der Waals surface area contributed by atoms with Gasteiger partial charge in [-0.3, -0.25) is 52.7 Å². The first-order chi connectivity index (χ1) is 65.6. The second-order valence-corrected chi connectivity index (χ2v) is 49.3. The smallest absolute Gasteiger partial charge is 0.347 e. The van der Waals surface area contributed by atoms with Gasteiger partial charge in [-0.05, 0) is 323 Å². The standard InChI is InChI=1S/C15H28O2.C14H20O4.2C14H26O2.C13H18O5.C13H24O2.3C10H16O4/c1-7-14(5,6)12(16)17-15(13(2,3)4)10-8-9-11-15;1-4-14(2,3)13(16)18-10-7-5-8-9(6-7)12(15)17-11(8)10;2*1-6-13(4,5)12(15)16-14(11(2)3)9-7-8-10-14;1-4-13(2,3)12(15)18-9-7-5-6-8(16-7)10(9)17-11(6)14;1-5-12(3,4)11(14)15-13(6-2)9-7-8-10-13;3*1-4-10(2,3)9(12)14-7-5-6-13-8(7)11/h7-11H2,1-6H3;7-11H,4-6H2,1-3H3;2*11H,6-10H2,1-5H3;6-10H,4-5H2,1-3H3;5-10H2,1-4H3;3*7H,4-6H2,1-3H3. The van der Waals surface area contributed by atoms with Gasteiger partial charge in [0.2, 0.25) is 18.3 Å². The van der Waals surface area contributed by atoms with Gasteiger partial charge in [-0.2, -0.15) is 0 Å². The summed E-state index contributed by atoms with van der Waals surface area (Å²) in [6.07, 6.45) is 25.9. The van der Waals surface area contributed by atoms with Crippen molar-refractivity contribution >= 4 is 83.6 Å². The van der Waals surface area contributed by atoms with Crippen molar-refractivity contribution in [1.29, 1.82) is 0 Å². The van der Waals surface area contributed by atoms with E-state index in [-0.39, 0.29) is 151 Å². The molecule has 6 aliphatic carbocycles. The Morgan fingerprint density at radius 3 is 0.894 bits per heavy atom. The molecule has 13 rings (SSSR count). The predicted octanol–water partition coefficient (Wildman–Crippen LogP) is 22.7. The van der Waals surface area contributed by atoms with Crippen LogP contribution < -0.4 is 0 Å². The van der Waals surface area contributed by atoms with Crippen molar-refractivity contribution in [3.63, 3.8) is 0 Å². The first-order valence-electron chi connectivity index (χ1n) is 54.1. The van der Waals surface area contributed by atoms with Crippen molar-refractivity contribution in [3.8, 4) is 0 Å². The molecule has 0 aromatic carbocycles. The van der Waals surface area contributed by atoms with E-state index in [0.29, 0.717) is 94.9 Å². The molecule has 7 heterocycles. The predicted molar refractivity (Wildman–Crippen MR) is 538 cm³/mol. The van der Waals surface area contributed by atoms with Crippen LogP contribution in [-0.2, 0) is 138 Å². The summed E-state index contributed by atoms with van der Waals surface area (Å²) < 4.78 is 80.3. The van der Waals surface area contributed by atoms with Gasteiger partial charge >= 0.3 is 83.6 Å². The highest BCUT2D eigenvalue weighted by Gasteiger charge is 2.66.